The van der Waals surface area contributed by atoms with E-state index in [1.807, 2.05) is 31.2 Å². The molecule has 3 N–H and O–H groups in total. The van der Waals surface area contributed by atoms with Crippen molar-refractivity contribution >= 4 is 27.5 Å². The number of nitrogens with one attached hydrogen (secondary N) is 2. The second kappa shape index (κ2) is 12.9. The first-order valence-electron chi connectivity index (χ1n) is 15.4. The molecule has 2 aliphatic heterocycles. The molecule has 2 aromatic carbocycles. The highest BCUT2D eigenvalue weighted by molar-refractivity contribution is 7.92. The first-order valence-corrected chi connectivity index (χ1v) is 17.3. The molecule has 0 radical (unpaired) electrons. The molecule has 0 aromatic heterocycles. The minimum atomic E-state index is -3.41. The topological polar surface area (TPSA) is 138 Å². The number of anilines is 1. The Kier molecular flexibility index (Phi) is 9.43. The highest BCUT2D eigenvalue weighted by Gasteiger charge is 2.54. The lowest BCUT2D eigenvalue weighted by atomic mass is 9.77. The number of carbonyl (C=O) groups is 2. The van der Waals surface area contributed by atoms with Crippen molar-refractivity contribution in [1.82, 2.24) is 15.1 Å². The van der Waals surface area contributed by atoms with Gasteiger partial charge in [0, 0.05) is 38.7 Å². The minimum absolute atomic E-state index is 0.0759. The van der Waals surface area contributed by atoms with Crippen LogP contribution in [0.5, 0.6) is 17.2 Å². The van der Waals surface area contributed by atoms with Crippen molar-refractivity contribution < 1.29 is 32.6 Å². The van der Waals surface area contributed by atoms with E-state index in [0.717, 1.165) is 31.1 Å². The van der Waals surface area contributed by atoms with Crippen molar-refractivity contribution in [3.63, 3.8) is 0 Å². The van der Waals surface area contributed by atoms with E-state index in [1.54, 1.807) is 23.1 Å². The zero-order chi connectivity index (χ0) is 31.5. The van der Waals surface area contributed by atoms with Gasteiger partial charge in [-0.2, -0.15) is 0 Å². The number of amides is 2. The molecule has 2 saturated heterocycles. The fourth-order valence-corrected chi connectivity index (χ4v) is 7.48. The van der Waals surface area contributed by atoms with Gasteiger partial charge in [0.15, 0.2) is 11.5 Å². The van der Waals surface area contributed by atoms with Crippen LogP contribution in [0.3, 0.4) is 0 Å². The summed E-state index contributed by atoms with van der Waals surface area (Å²) in [6.45, 7) is 4.44. The van der Waals surface area contributed by atoms with Crippen LogP contribution in [0.4, 0.5) is 5.69 Å². The van der Waals surface area contributed by atoms with E-state index in [9.17, 15) is 23.1 Å². The van der Waals surface area contributed by atoms with Crippen LogP contribution < -0.4 is 19.5 Å². The number of methoxy groups -OCH3 is 1. The molecule has 3 aliphatic rings. The molecule has 12 heteroatoms. The molecule has 1 atom stereocenters. The van der Waals surface area contributed by atoms with E-state index >= 15 is 0 Å². The van der Waals surface area contributed by atoms with E-state index in [0.29, 0.717) is 74.8 Å². The van der Waals surface area contributed by atoms with Crippen LogP contribution in [0, 0.1) is 0 Å². The van der Waals surface area contributed by atoms with Crippen molar-refractivity contribution in [1.29, 1.82) is 0 Å². The smallest absolute Gasteiger partial charge is 0.246 e. The Balaban J connectivity index is 1.18. The molecule has 11 nitrogen and oxygen atoms in total. The van der Waals surface area contributed by atoms with Gasteiger partial charge in [-0.3, -0.25) is 19.2 Å². The SMILES string of the molecule is CCN1C(=O)[C@@H](CC2(O)CCCCC2)NC(=O)C12CCN(Cc1ccc(Oc3ccc(NS(C)(=O)=O)cc3OC)cc1)CC2. The summed E-state index contributed by atoms with van der Waals surface area (Å²) in [4.78, 5) is 31.2. The van der Waals surface area contributed by atoms with Gasteiger partial charge in [-0.15, -0.1) is 0 Å². The average Bonchev–Trinajstić information content (AvgIpc) is 2.98. The van der Waals surface area contributed by atoms with Crippen LogP contribution in [0.2, 0.25) is 0 Å². The Morgan fingerprint density at radius 1 is 1.00 bits per heavy atom. The van der Waals surface area contributed by atoms with Crippen LogP contribution in [0.1, 0.15) is 63.9 Å². The number of sulfonamides is 1. The Bertz CT molecular complexity index is 1450. The molecule has 0 unspecified atom stereocenters. The summed E-state index contributed by atoms with van der Waals surface area (Å²) in [5.41, 5.74) is -0.263. The van der Waals surface area contributed by atoms with Gasteiger partial charge >= 0.3 is 0 Å². The number of rotatable bonds is 10. The van der Waals surface area contributed by atoms with Crippen molar-refractivity contribution in [2.45, 2.75) is 82.0 Å². The van der Waals surface area contributed by atoms with Gasteiger partial charge in [-0.1, -0.05) is 31.4 Å². The van der Waals surface area contributed by atoms with Gasteiger partial charge in [0.05, 0.1) is 24.7 Å². The zero-order valence-corrected chi connectivity index (χ0v) is 26.6. The standard InChI is InChI=1S/C32H44N4O7S/c1-4-36-29(37)26(21-31(39)14-6-5-7-15-31)33-30(38)32(36)16-18-35(19-17-32)22-23-8-11-25(12-9-23)43-27-13-10-24(20-28(27)42-2)34-44(3,40)41/h8-13,20,26,34,39H,4-7,14-19,21-22H2,1-3H3,(H,33,38)/t26-/m1/s1. The van der Waals surface area contributed by atoms with Crippen molar-refractivity contribution in [3.05, 3.63) is 48.0 Å². The number of ether oxygens (including phenoxy) is 2. The average molecular weight is 629 g/mol. The predicted molar refractivity (Wildman–Crippen MR) is 167 cm³/mol. The Morgan fingerprint density at radius 3 is 2.30 bits per heavy atom. The number of hydrogen-bond donors (Lipinski definition) is 3. The summed E-state index contributed by atoms with van der Waals surface area (Å²) in [5, 5.41) is 14.1. The van der Waals surface area contributed by atoms with E-state index in [-0.39, 0.29) is 18.2 Å². The number of carbonyl (C=O) groups excluding carboxylic acids is 2. The quantitative estimate of drug-likeness (QED) is 0.363. The second-order valence-electron chi connectivity index (χ2n) is 12.4. The first kappa shape index (κ1) is 32.1. The third kappa shape index (κ3) is 7.13. The van der Waals surface area contributed by atoms with Crippen LogP contribution in [-0.2, 0) is 26.2 Å². The van der Waals surface area contributed by atoms with Gasteiger partial charge in [-0.25, -0.2) is 8.42 Å². The van der Waals surface area contributed by atoms with Crippen molar-refractivity contribution in [2.24, 2.45) is 0 Å². The summed E-state index contributed by atoms with van der Waals surface area (Å²) in [7, 11) is -1.92. The molecule has 3 fully saturated rings. The molecular weight excluding hydrogens is 584 g/mol. The molecule has 2 aromatic rings. The Morgan fingerprint density at radius 2 is 1.68 bits per heavy atom. The van der Waals surface area contributed by atoms with E-state index < -0.39 is 27.2 Å². The van der Waals surface area contributed by atoms with Crippen LogP contribution in [-0.4, -0.2) is 85.3 Å². The fraction of sp³-hybridized carbons (Fsp3) is 0.562. The number of benzene rings is 2. The minimum Gasteiger partial charge on any atom is -0.493 e. The third-order valence-electron chi connectivity index (χ3n) is 9.20. The second-order valence-corrected chi connectivity index (χ2v) is 14.1. The normalized spacial score (nSPS) is 22.0. The molecule has 1 saturated carbocycles. The Labute approximate surface area is 259 Å². The molecule has 2 amide bonds. The van der Waals surface area contributed by atoms with Crippen molar-refractivity contribution in [3.8, 4) is 17.2 Å². The molecule has 2 heterocycles. The number of piperidine rings is 1. The van der Waals surface area contributed by atoms with Crippen LogP contribution in [0.15, 0.2) is 42.5 Å². The van der Waals surface area contributed by atoms with Gasteiger partial charge in [0.2, 0.25) is 21.8 Å². The summed E-state index contributed by atoms with van der Waals surface area (Å²) in [5.74, 6) is 1.29. The molecule has 0 bridgehead atoms. The number of nitrogens with zero attached hydrogens (tertiary/aromatic N) is 2. The molecule has 1 spiro atoms. The lowest BCUT2D eigenvalue weighted by Crippen LogP contribution is -2.73. The Hall–Kier alpha value is -3.35. The number of aliphatic hydroxyl groups is 1. The summed E-state index contributed by atoms with van der Waals surface area (Å²) in [6.07, 6.45) is 6.85. The van der Waals surface area contributed by atoms with Gasteiger partial charge in [0.1, 0.15) is 17.3 Å². The maximum Gasteiger partial charge on any atom is 0.246 e. The lowest BCUT2D eigenvalue weighted by molar-refractivity contribution is -0.163. The summed E-state index contributed by atoms with van der Waals surface area (Å²) < 4.78 is 36.9. The van der Waals surface area contributed by atoms with Gasteiger partial charge in [0.25, 0.3) is 0 Å². The van der Waals surface area contributed by atoms with Gasteiger partial charge in [-0.05, 0) is 62.4 Å². The van der Waals surface area contributed by atoms with Crippen LogP contribution in [0.25, 0.3) is 0 Å². The van der Waals surface area contributed by atoms with E-state index in [1.165, 1.54) is 7.11 Å². The molecule has 1 aliphatic carbocycles. The number of hydrogen-bond acceptors (Lipinski definition) is 8. The highest BCUT2D eigenvalue weighted by atomic mass is 32.2. The molecule has 5 rings (SSSR count). The maximum absolute atomic E-state index is 13.6. The zero-order valence-electron chi connectivity index (χ0n) is 25.8. The van der Waals surface area contributed by atoms with E-state index in [4.69, 9.17) is 9.47 Å². The maximum atomic E-state index is 13.6. The number of likely N-dealkylation sites (N-methyl/N-ethyl adjacent to an activating group) is 1. The summed E-state index contributed by atoms with van der Waals surface area (Å²) in [6, 6.07) is 11.9. The third-order valence-corrected chi connectivity index (χ3v) is 9.81. The van der Waals surface area contributed by atoms with Gasteiger partial charge < -0.3 is 24.8 Å². The van der Waals surface area contributed by atoms with E-state index in [2.05, 4.69) is 14.9 Å². The van der Waals surface area contributed by atoms with Crippen molar-refractivity contribution in [2.75, 3.05) is 37.7 Å². The fourth-order valence-electron chi connectivity index (χ4n) is 6.92. The number of likely N-dealkylation sites (tertiary alicyclic amines) is 1. The number of piperazine rings is 1. The molecule has 240 valence electrons. The molecule has 44 heavy (non-hydrogen) atoms. The summed E-state index contributed by atoms with van der Waals surface area (Å²) >= 11 is 0. The van der Waals surface area contributed by atoms with Crippen LogP contribution >= 0.6 is 0 Å². The lowest BCUT2D eigenvalue weighted by Gasteiger charge is -2.52. The predicted octanol–water partition coefficient (Wildman–Crippen LogP) is 3.63. The first-order chi connectivity index (χ1) is 20.9. The largest absolute Gasteiger partial charge is 0.493 e. The molecular formula is C32H44N4O7S. The highest BCUT2D eigenvalue weighted by Crippen LogP contribution is 2.38. The monoisotopic (exact) mass is 628 g/mol.